The molecule has 3 rings (SSSR count). The molecule has 0 radical (unpaired) electrons. The summed E-state index contributed by atoms with van der Waals surface area (Å²) < 4.78 is 104. The molecular weight excluding hydrogens is 489 g/mol. The van der Waals surface area contributed by atoms with Crippen LogP contribution in [0.1, 0.15) is 5.56 Å². The molecule has 0 atom stereocenters. The summed E-state index contributed by atoms with van der Waals surface area (Å²) in [5.41, 5.74) is 1.15. The van der Waals surface area contributed by atoms with Crippen molar-refractivity contribution < 1.29 is 54.8 Å². The molecule has 0 unspecified atom stereocenters. The largest absolute Gasteiger partial charge is 0.573 e. The van der Waals surface area contributed by atoms with Gasteiger partial charge in [0, 0.05) is 28.3 Å². The standard InChI is InChI=1S/C16H16F2O3.C7H3F5O2/c1-19-12-7-14(20-2)16(15(8-12)21-3)10-4-5-11(9-17)13(18)6-10;8-5-3-4(14-12)1-2-6(5)13-7(9,10)11/h4-8H,9H2,1-3H3;1-3H. The van der Waals surface area contributed by atoms with Crippen molar-refractivity contribution in [3.05, 3.63) is 65.7 Å². The lowest BCUT2D eigenvalue weighted by Crippen LogP contribution is -2.17. The van der Waals surface area contributed by atoms with Crippen LogP contribution in [0.5, 0.6) is 28.7 Å². The highest BCUT2D eigenvalue weighted by atomic mass is 19.4. The zero-order chi connectivity index (χ0) is 26.2. The lowest BCUT2D eigenvalue weighted by molar-refractivity contribution is -0.275. The van der Waals surface area contributed by atoms with Gasteiger partial charge in [0.2, 0.25) is 0 Å². The minimum absolute atomic E-state index is 0.0187. The molecule has 0 aromatic heterocycles. The van der Waals surface area contributed by atoms with E-state index >= 15 is 0 Å². The molecule has 12 heteroatoms. The Morgan fingerprint density at radius 2 is 1.34 bits per heavy atom. The highest BCUT2D eigenvalue weighted by molar-refractivity contribution is 5.78. The fraction of sp³-hybridized carbons (Fsp3) is 0.217. The molecule has 0 aliphatic carbocycles. The SMILES string of the molecule is COc1cc(OC)c(-c2ccc(CF)c(F)c2)c(OC)c1.FOc1ccc(OC(F)(F)F)c(F)c1. The number of halogens is 7. The Morgan fingerprint density at radius 1 is 0.714 bits per heavy atom. The van der Waals surface area contributed by atoms with Gasteiger partial charge in [0.1, 0.15) is 29.7 Å². The number of benzene rings is 3. The van der Waals surface area contributed by atoms with Gasteiger partial charge in [-0.3, -0.25) is 4.94 Å². The smallest absolute Gasteiger partial charge is 0.496 e. The van der Waals surface area contributed by atoms with Crippen molar-refractivity contribution in [2.24, 2.45) is 0 Å². The number of ether oxygens (including phenoxy) is 4. The maximum Gasteiger partial charge on any atom is 0.573 e. The number of alkyl halides is 4. The second-order valence-corrected chi connectivity index (χ2v) is 6.56. The molecule has 0 aliphatic heterocycles. The van der Waals surface area contributed by atoms with Gasteiger partial charge >= 0.3 is 6.36 Å². The zero-order valence-electron chi connectivity index (χ0n) is 18.5. The molecule has 0 saturated carbocycles. The first kappa shape index (κ1) is 27.4. The Bertz CT molecular complexity index is 1110. The molecule has 5 nitrogen and oxygen atoms in total. The molecule has 0 N–H and O–H groups in total. The Hall–Kier alpha value is -3.83. The second-order valence-electron chi connectivity index (χ2n) is 6.56. The van der Waals surface area contributed by atoms with Crippen LogP contribution in [0, 0.1) is 11.6 Å². The molecule has 3 aromatic rings. The number of methoxy groups -OCH3 is 3. The molecular formula is C23H19F7O5. The maximum absolute atomic E-state index is 13.8. The van der Waals surface area contributed by atoms with Crippen molar-refractivity contribution >= 4 is 0 Å². The van der Waals surface area contributed by atoms with Crippen molar-refractivity contribution in [3.63, 3.8) is 0 Å². The van der Waals surface area contributed by atoms with Crippen LogP contribution in [-0.4, -0.2) is 27.7 Å². The van der Waals surface area contributed by atoms with E-state index in [1.54, 1.807) is 18.2 Å². The lowest BCUT2D eigenvalue weighted by Gasteiger charge is -2.15. The van der Waals surface area contributed by atoms with Crippen LogP contribution < -0.4 is 23.9 Å². The molecule has 0 aliphatic rings. The van der Waals surface area contributed by atoms with Crippen LogP contribution in [0.4, 0.5) is 30.9 Å². The van der Waals surface area contributed by atoms with E-state index < -0.39 is 36.2 Å². The van der Waals surface area contributed by atoms with Crippen LogP contribution in [0.3, 0.4) is 0 Å². The third-order valence-corrected chi connectivity index (χ3v) is 4.42. The number of hydrogen-bond acceptors (Lipinski definition) is 5. The van der Waals surface area contributed by atoms with E-state index in [2.05, 4.69) is 9.68 Å². The van der Waals surface area contributed by atoms with Gasteiger partial charge in [-0.25, -0.2) is 13.2 Å². The Morgan fingerprint density at radius 3 is 1.77 bits per heavy atom. The van der Waals surface area contributed by atoms with Gasteiger partial charge in [0.15, 0.2) is 17.3 Å². The molecule has 0 heterocycles. The Kier molecular flexibility index (Phi) is 9.43. The molecule has 35 heavy (non-hydrogen) atoms. The molecule has 0 bridgehead atoms. The third kappa shape index (κ3) is 7.33. The van der Waals surface area contributed by atoms with Crippen LogP contribution in [0.15, 0.2) is 48.5 Å². The summed E-state index contributed by atoms with van der Waals surface area (Å²) in [6, 6.07) is 9.50. The highest BCUT2D eigenvalue weighted by Crippen LogP contribution is 2.42. The minimum Gasteiger partial charge on any atom is -0.496 e. The first-order valence-corrected chi connectivity index (χ1v) is 9.55. The van der Waals surface area contributed by atoms with Gasteiger partial charge in [-0.2, -0.15) is 0 Å². The van der Waals surface area contributed by atoms with E-state index in [4.69, 9.17) is 14.2 Å². The summed E-state index contributed by atoms with van der Waals surface area (Å²) in [4.78, 5) is 3.10. The zero-order valence-corrected chi connectivity index (χ0v) is 18.5. The number of hydrogen-bond donors (Lipinski definition) is 0. The molecule has 0 saturated heterocycles. The van der Waals surface area contributed by atoms with Gasteiger partial charge in [0.05, 0.1) is 26.9 Å². The topological polar surface area (TPSA) is 46.2 Å². The summed E-state index contributed by atoms with van der Waals surface area (Å²) in [7, 11) is 4.54. The van der Waals surface area contributed by atoms with E-state index in [1.165, 1.54) is 33.5 Å². The van der Waals surface area contributed by atoms with Gasteiger partial charge in [-0.15, -0.1) is 13.2 Å². The Labute approximate surface area is 195 Å². The van der Waals surface area contributed by atoms with Crippen LogP contribution in [-0.2, 0) is 6.67 Å². The summed E-state index contributed by atoms with van der Waals surface area (Å²) in [6.07, 6.45) is -4.99. The van der Waals surface area contributed by atoms with E-state index in [-0.39, 0.29) is 5.56 Å². The lowest BCUT2D eigenvalue weighted by atomic mass is 10.0. The van der Waals surface area contributed by atoms with Gasteiger partial charge in [-0.05, 0) is 23.8 Å². The van der Waals surface area contributed by atoms with Crippen LogP contribution >= 0.6 is 0 Å². The Balaban J connectivity index is 0.000000269. The minimum atomic E-state index is -4.99. The molecule has 0 amide bonds. The van der Waals surface area contributed by atoms with E-state index in [9.17, 15) is 30.9 Å². The highest BCUT2D eigenvalue weighted by Gasteiger charge is 2.32. The average molecular weight is 508 g/mol. The molecule has 190 valence electrons. The van der Waals surface area contributed by atoms with Gasteiger partial charge in [0.25, 0.3) is 0 Å². The molecule has 0 spiro atoms. The van der Waals surface area contributed by atoms with Crippen molar-refractivity contribution in [1.29, 1.82) is 0 Å². The maximum atomic E-state index is 13.8. The quantitative estimate of drug-likeness (QED) is 0.323. The average Bonchev–Trinajstić information content (AvgIpc) is 2.83. The van der Waals surface area contributed by atoms with Crippen molar-refractivity contribution in [2.75, 3.05) is 21.3 Å². The predicted molar refractivity (Wildman–Crippen MR) is 111 cm³/mol. The van der Waals surface area contributed by atoms with Gasteiger partial charge < -0.3 is 18.9 Å². The number of rotatable bonds is 7. The van der Waals surface area contributed by atoms with Gasteiger partial charge in [-0.1, -0.05) is 12.1 Å². The van der Waals surface area contributed by atoms with Crippen molar-refractivity contribution in [3.8, 4) is 39.9 Å². The summed E-state index contributed by atoms with van der Waals surface area (Å²) >= 11 is 0. The summed E-state index contributed by atoms with van der Waals surface area (Å²) in [5.74, 6) is -2.02. The van der Waals surface area contributed by atoms with E-state index in [1.807, 2.05) is 0 Å². The monoisotopic (exact) mass is 508 g/mol. The second kappa shape index (κ2) is 12.0. The fourth-order valence-corrected chi connectivity index (χ4v) is 2.84. The molecule has 0 fully saturated rings. The van der Waals surface area contributed by atoms with Crippen LogP contribution in [0.2, 0.25) is 0 Å². The third-order valence-electron chi connectivity index (χ3n) is 4.42. The van der Waals surface area contributed by atoms with Crippen molar-refractivity contribution in [2.45, 2.75) is 13.0 Å². The normalized spacial score (nSPS) is 10.7. The first-order chi connectivity index (χ1) is 16.6. The van der Waals surface area contributed by atoms with Crippen LogP contribution in [0.25, 0.3) is 11.1 Å². The molecule has 3 aromatic carbocycles. The fourth-order valence-electron chi connectivity index (χ4n) is 2.84. The van der Waals surface area contributed by atoms with E-state index in [0.29, 0.717) is 40.5 Å². The van der Waals surface area contributed by atoms with Crippen molar-refractivity contribution in [1.82, 2.24) is 0 Å². The summed E-state index contributed by atoms with van der Waals surface area (Å²) in [6.45, 7) is -0.844. The predicted octanol–water partition coefficient (Wildman–Crippen LogP) is 6.98. The summed E-state index contributed by atoms with van der Waals surface area (Å²) in [5, 5.41) is 0. The first-order valence-electron chi connectivity index (χ1n) is 9.55. The van der Waals surface area contributed by atoms with E-state index in [0.717, 1.165) is 6.07 Å².